The molecule has 2 fully saturated rings. The summed E-state index contributed by atoms with van der Waals surface area (Å²) in [5, 5.41) is 26.3. The van der Waals surface area contributed by atoms with Gasteiger partial charge in [-0.2, -0.15) is 0 Å². The van der Waals surface area contributed by atoms with Gasteiger partial charge in [0.15, 0.2) is 11.4 Å². The van der Waals surface area contributed by atoms with Crippen LogP contribution in [-0.2, 0) is 4.74 Å². The van der Waals surface area contributed by atoms with Crippen molar-refractivity contribution in [3.05, 3.63) is 70.0 Å². The molecule has 0 radical (unpaired) electrons. The zero-order chi connectivity index (χ0) is 31.7. The predicted molar refractivity (Wildman–Crippen MR) is 179 cm³/mol. The lowest BCUT2D eigenvalue weighted by atomic mass is 9.82. The molecule has 4 aromatic heterocycles. The molecule has 10 heteroatoms. The number of benzene rings is 2. The molecule has 9 nitrogen and oxygen atoms in total. The number of nitrogens with zero attached hydrogens (tertiary/aromatic N) is 4. The molecule has 1 aliphatic heterocycles. The lowest BCUT2D eigenvalue weighted by Crippen LogP contribution is -2.41. The van der Waals surface area contributed by atoms with E-state index in [1.807, 2.05) is 36.4 Å². The molecule has 46 heavy (non-hydrogen) atoms. The largest absolute Gasteiger partial charge is 0.505 e. The number of carboxylic acids is 1. The van der Waals surface area contributed by atoms with Crippen molar-refractivity contribution in [1.29, 1.82) is 0 Å². The molecular weight excluding hydrogens is 600 g/mol. The van der Waals surface area contributed by atoms with Gasteiger partial charge in [-0.05, 0) is 68.5 Å². The van der Waals surface area contributed by atoms with Gasteiger partial charge in [0.05, 0.1) is 56.6 Å². The molecule has 1 aliphatic carbocycles. The summed E-state index contributed by atoms with van der Waals surface area (Å²) in [5.41, 5.74) is 5.32. The molecule has 0 atom stereocenters. The predicted octanol–water partition coefficient (Wildman–Crippen LogP) is 7.46. The molecule has 1 saturated carbocycles. The molecule has 5 heterocycles. The van der Waals surface area contributed by atoms with Crippen molar-refractivity contribution in [3.63, 3.8) is 0 Å². The minimum absolute atomic E-state index is 0.134. The Morgan fingerprint density at radius 3 is 2.43 bits per heavy atom. The molecule has 2 aliphatic rings. The van der Waals surface area contributed by atoms with Gasteiger partial charge in [-0.3, -0.25) is 4.79 Å². The Bertz CT molecular complexity index is 2220. The van der Waals surface area contributed by atoms with E-state index in [1.54, 1.807) is 28.4 Å². The van der Waals surface area contributed by atoms with Crippen LogP contribution in [0.1, 0.15) is 75.1 Å². The van der Waals surface area contributed by atoms with E-state index in [-0.39, 0.29) is 28.8 Å². The molecule has 234 valence electrons. The van der Waals surface area contributed by atoms with Gasteiger partial charge in [-0.15, -0.1) is 11.3 Å². The van der Waals surface area contributed by atoms with Gasteiger partial charge in [0.25, 0.3) is 5.91 Å². The van der Waals surface area contributed by atoms with Crippen LogP contribution < -0.4 is 0 Å². The highest BCUT2D eigenvalue weighted by atomic mass is 32.1. The van der Waals surface area contributed by atoms with E-state index in [9.17, 15) is 19.8 Å². The van der Waals surface area contributed by atoms with Gasteiger partial charge in [-0.1, -0.05) is 31.4 Å². The van der Waals surface area contributed by atoms with Crippen molar-refractivity contribution < 1.29 is 24.5 Å². The van der Waals surface area contributed by atoms with E-state index in [0.717, 1.165) is 74.2 Å². The van der Waals surface area contributed by atoms with Crippen LogP contribution in [0.5, 0.6) is 5.75 Å². The van der Waals surface area contributed by atoms with Crippen LogP contribution in [0.25, 0.3) is 48.7 Å². The van der Waals surface area contributed by atoms with Gasteiger partial charge in [0.1, 0.15) is 0 Å². The van der Waals surface area contributed by atoms with Crippen molar-refractivity contribution >= 4 is 61.3 Å². The van der Waals surface area contributed by atoms with Crippen LogP contribution in [-0.4, -0.2) is 67.7 Å². The lowest BCUT2D eigenvalue weighted by Gasteiger charge is -2.28. The standard InChI is InChI=1S/C36H34N4O5S/c1-19-34(46-20(2)37-19)27-11-9-22-16-25-26(18-28(22)38-27)33(41)32(35(42)39-12-14-45-15-13-39)40-29-17-23(36(43)44)8-10-24(29)30(31(25)40)21-6-4-3-5-7-21/h8-11,16-18,21,41H,3-7,12-15H2,1-2H3,(H,43,44). The van der Waals surface area contributed by atoms with E-state index in [4.69, 9.17) is 9.72 Å². The summed E-state index contributed by atoms with van der Waals surface area (Å²) < 4.78 is 7.38. The quantitative estimate of drug-likeness (QED) is 0.193. The molecule has 0 bridgehead atoms. The summed E-state index contributed by atoms with van der Waals surface area (Å²) in [7, 11) is 0. The Kier molecular flexibility index (Phi) is 6.95. The lowest BCUT2D eigenvalue weighted by molar-refractivity contribution is 0.0296. The molecule has 2 N–H and O–H groups in total. The first kappa shape index (κ1) is 28.9. The number of aromatic carboxylic acids is 1. The van der Waals surface area contributed by atoms with Crippen molar-refractivity contribution in [2.45, 2.75) is 51.9 Å². The molecule has 0 unspecified atom stereocenters. The summed E-state index contributed by atoms with van der Waals surface area (Å²) in [6, 6.07) is 13.2. The Balaban J connectivity index is 1.50. The second-order valence-electron chi connectivity index (χ2n) is 12.5. The van der Waals surface area contributed by atoms with E-state index in [1.165, 1.54) is 6.42 Å². The summed E-state index contributed by atoms with van der Waals surface area (Å²) in [5.74, 6) is -1.24. The number of hydrogen-bond donors (Lipinski definition) is 2. The zero-order valence-corrected chi connectivity index (χ0v) is 26.6. The average molecular weight is 635 g/mol. The molecule has 2 aromatic carbocycles. The zero-order valence-electron chi connectivity index (χ0n) is 25.8. The third-order valence-electron chi connectivity index (χ3n) is 9.69. The smallest absolute Gasteiger partial charge is 0.335 e. The van der Waals surface area contributed by atoms with Crippen LogP contribution in [0.2, 0.25) is 0 Å². The van der Waals surface area contributed by atoms with Crippen molar-refractivity contribution in [2.75, 3.05) is 26.3 Å². The van der Waals surface area contributed by atoms with E-state index in [2.05, 4.69) is 17.1 Å². The number of carbonyl (C=O) groups is 2. The van der Waals surface area contributed by atoms with Gasteiger partial charge >= 0.3 is 5.97 Å². The number of rotatable bonds is 4. The monoisotopic (exact) mass is 634 g/mol. The van der Waals surface area contributed by atoms with Gasteiger partial charge in [0.2, 0.25) is 0 Å². The second kappa shape index (κ2) is 11.1. The molecule has 0 spiro atoms. The molecule has 1 amide bonds. The number of aromatic nitrogens is 3. The number of carboxylic acid groups (broad SMARTS) is 1. The maximum absolute atomic E-state index is 14.4. The number of amides is 1. The van der Waals surface area contributed by atoms with Crippen LogP contribution >= 0.6 is 11.3 Å². The first-order chi connectivity index (χ1) is 22.3. The van der Waals surface area contributed by atoms with Crippen LogP contribution in [0.4, 0.5) is 0 Å². The number of ether oxygens (including phenoxy) is 1. The number of pyridine rings is 2. The fourth-order valence-corrected chi connectivity index (χ4v) is 8.44. The summed E-state index contributed by atoms with van der Waals surface area (Å²) >= 11 is 1.60. The Morgan fingerprint density at radius 2 is 1.72 bits per heavy atom. The minimum Gasteiger partial charge on any atom is -0.505 e. The highest BCUT2D eigenvalue weighted by Crippen LogP contribution is 2.46. The van der Waals surface area contributed by atoms with Gasteiger partial charge in [0, 0.05) is 34.6 Å². The number of morpholine rings is 1. The second-order valence-corrected chi connectivity index (χ2v) is 13.7. The van der Waals surface area contributed by atoms with Crippen LogP contribution in [0.15, 0.2) is 42.5 Å². The molecule has 1 saturated heterocycles. The van der Waals surface area contributed by atoms with Crippen LogP contribution in [0.3, 0.4) is 0 Å². The summed E-state index contributed by atoms with van der Waals surface area (Å²) in [6.45, 7) is 5.61. The first-order valence-corrected chi connectivity index (χ1v) is 16.7. The average Bonchev–Trinajstić information content (AvgIpc) is 3.60. The van der Waals surface area contributed by atoms with Crippen molar-refractivity contribution in [3.8, 4) is 16.3 Å². The first-order valence-electron chi connectivity index (χ1n) is 15.9. The van der Waals surface area contributed by atoms with E-state index < -0.39 is 5.97 Å². The van der Waals surface area contributed by atoms with Crippen LogP contribution in [0, 0.1) is 13.8 Å². The summed E-state index contributed by atoms with van der Waals surface area (Å²) in [4.78, 5) is 38.9. The van der Waals surface area contributed by atoms with Crippen molar-refractivity contribution in [1.82, 2.24) is 19.3 Å². The number of aryl methyl sites for hydroxylation is 2. The number of thiazole rings is 1. The number of aromatic hydroxyl groups is 1. The third kappa shape index (κ3) is 4.53. The Hall–Kier alpha value is -4.54. The van der Waals surface area contributed by atoms with Crippen molar-refractivity contribution in [2.24, 2.45) is 0 Å². The van der Waals surface area contributed by atoms with E-state index in [0.29, 0.717) is 42.7 Å². The Morgan fingerprint density at radius 1 is 0.935 bits per heavy atom. The number of hydrogen-bond acceptors (Lipinski definition) is 7. The molecule has 8 rings (SSSR count). The number of fused-ring (bicyclic) bond motifs is 6. The van der Waals surface area contributed by atoms with Gasteiger partial charge < -0.3 is 24.3 Å². The Labute approximate surface area is 269 Å². The fourth-order valence-electron chi connectivity index (χ4n) is 7.55. The normalized spacial score (nSPS) is 16.3. The maximum atomic E-state index is 14.4. The fraction of sp³-hybridized carbons (Fsp3) is 0.333. The minimum atomic E-state index is -1.04. The third-order valence-corrected chi connectivity index (χ3v) is 10.8. The highest BCUT2D eigenvalue weighted by Gasteiger charge is 2.32. The number of carbonyl (C=O) groups excluding carboxylic acids is 1. The van der Waals surface area contributed by atoms with Gasteiger partial charge in [-0.25, -0.2) is 14.8 Å². The maximum Gasteiger partial charge on any atom is 0.335 e. The summed E-state index contributed by atoms with van der Waals surface area (Å²) in [6.07, 6.45) is 5.42. The SMILES string of the molecule is Cc1nc(C)c(-c2ccc3cc4c(cc3n2)c(O)c(C(=O)N2CCOCC2)n2c3cc(C(=O)O)ccc3c(C3CCCCC3)c42)s1. The highest BCUT2D eigenvalue weighted by molar-refractivity contribution is 7.15. The molecule has 6 aromatic rings. The molecular formula is C36H34N4O5S. The topological polar surface area (TPSA) is 117 Å². The van der Waals surface area contributed by atoms with E-state index >= 15 is 0 Å².